The van der Waals surface area contributed by atoms with Gasteiger partial charge in [0.15, 0.2) is 11.6 Å². The first-order valence-corrected chi connectivity index (χ1v) is 3.81. The first-order chi connectivity index (χ1) is 5.74. The zero-order valence-electron chi connectivity index (χ0n) is 6.14. The van der Waals surface area contributed by atoms with E-state index in [-0.39, 0.29) is 5.88 Å². The number of hydrogen-bond acceptors (Lipinski definition) is 1. The summed E-state index contributed by atoms with van der Waals surface area (Å²) in [5.41, 5.74) is 0.551. The molecule has 1 rings (SSSR count). The Bertz CT molecular complexity index is 338. The molecular weight excluding hydrogens is 179 g/mol. The minimum Gasteiger partial charge on any atom is -0.505 e. The van der Waals surface area contributed by atoms with Crippen molar-refractivity contribution in [2.24, 2.45) is 0 Å². The average molecular weight is 185 g/mol. The Morgan fingerprint density at radius 3 is 2.83 bits per heavy atom. The van der Waals surface area contributed by atoms with Gasteiger partial charge in [-0.15, -0.1) is 11.6 Å². The van der Waals surface area contributed by atoms with Crippen LogP contribution in [-0.4, -0.2) is 11.0 Å². The fourth-order valence-corrected chi connectivity index (χ4v) is 0.793. The lowest BCUT2D eigenvalue weighted by Gasteiger charge is -1.94. The molecule has 0 unspecified atom stereocenters. The van der Waals surface area contributed by atoms with Gasteiger partial charge in [-0.05, 0) is 18.2 Å². The first kappa shape index (κ1) is 8.89. The monoisotopic (exact) mass is 184 g/mol. The van der Waals surface area contributed by atoms with Crippen molar-refractivity contribution in [1.29, 1.82) is 0 Å². The Morgan fingerprint density at radius 1 is 1.50 bits per heavy atom. The summed E-state index contributed by atoms with van der Waals surface area (Å²) in [6.07, 6.45) is 0. The molecule has 1 N–H and O–H groups in total. The summed E-state index contributed by atoms with van der Waals surface area (Å²) >= 11 is 5.31. The number of phenolic OH excluding ortho intramolecular Hbond substituents is 1. The summed E-state index contributed by atoms with van der Waals surface area (Å²) in [4.78, 5) is 0. The van der Waals surface area contributed by atoms with Gasteiger partial charge in [-0.1, -0.05) is 11.8 Å². The molecule has 1 aromatic carbocycles. The number of halogens is 2. The molecule has 1 nitrogen and oxygen atoms in total. The van der Waals surface area contributed by atoms with E-state index in [0.29, 0.717) is 5.56 Å². The zero-order valence-corrected chi connectivity index (χ0v) is 6.90. The molecule has 62 valence electrons. The lowest BCUT2D eigenvalue weighted by atomic mass is 10.2. The molecule has 0 aliphatic heterocycles. The van der Waals surface area contributed by atoms with E-state index in [9.17, 15) is 4.39 Å². The number of alkyl halides is 1. The molecule has 0 amide bonds. The molecule has 0 atom stereocenters. The van der Waals surface area contributed by atoms with E-state index in [4.69, 9.17) is 16.7 Å². The lowest BCUT2D eigenvalue weighted by molar-refractivity contribution is 0.432. The van der Waals surface area contributed by atoms with E-state index in [1.54, 1.807) is 0 Å². The number of rotatable bonds is 0. The van der Waals surface area contributed by atoms with Crippen LogP contribution in [0.2, 0.25) is 0 Å². The Balaban J connectivity index is 2.97. The van der Waals surface area contributed by atoms with Crippen molar-refractivity contribution in [2.45, 2.75) is 0 Å². The fraction of sp³-hybridized carbons (Fsp3) is 0.111. The highest BCUT2D eigenvalue weighted by molar-refractivity contribution is 6.19. The molecule has 12 heavy (non-hydrogen) atoms. The van der Waals surface area contributed by atoms with Gasteiger partial charge < -0.3 is 5.11 Å². The molecule has 0 radical (unpaired) electrons. The zero-order chi connectivity index (χ0) is 8.97. The van der Waals surface area contributed by atoms with Gasteiger partial charge in [0.1, 0.15) is 0 Å². The van der Waals surface area contributed by atoms with E-state index in [2.05, 4.69) is 11.8 Å². The van der Waals surface area contributed by atoms with Crippen LogP contribution in [0.3, 0.4) is 0 Å². The third kappa shape index (κ3) is 2.14. The van der Waals surface area contributed by atoms with Crippen LogP contribution >= 0.6 is 11.6 Å². The molecular formula is C9H6ClFO. The normalized spacial score (nSPS) is 8.83. The summed E-state index contributed by atoms with van der Waals surface area (Å²) in [5, 5.41) is 8.92. The molecule has 0 saturated heterocycles. The van der Waals surface area contributed by atoms with Gasteiger partial charge in [-0.2, -0.15) is 0 Å². The summed E-state index contributed by atoms with van der Waals surface area (Å²) in [6.45, 7) is 0. The average Bonchev–Trinajstić information content (AvgIpc) is 2.07. The quantitative estimate of drug-likeness (QED) is 0.484. The van der Waals surface area contributed by atoms with Crippen molar-refractivity contribution in [3.8, 4) is 17.6 Å². The number of phenols is 1. The molecule has 1 aromatic rings. The van der Waals surface area contributed by atoms with Gasteiger partial charge in [-0.3, -0.25) is 0 Å². The van der Waals surface area contributed by atoms with Crippen LogP contribution in [-0.2, 0) is 0 Å². The summed E-state index contributed by atoms with van der Waals surface area (Å²) in [6, 6.07) is 3.90. The first-order valence-electron chi connectivity index (χ1n) is 3.27. The molecule has 0 heterocycles. The van der Waals surface area contributed by atoms with Gasteiger partial charge in [0.2, 0.25) is 0 Å². The van der Waals surface area contributed by atoms with Crippen LogP contribution in [0.1, 0.15) is 5.56 Å². The van der Waals surface area contributed by atoms with Gasteiger partial charge in [0.05, 0.1) is 5.88 Å². The Kier molecular flexibility index (Phi) is 2.95. The maximum Gasteiger partial charge on any atom is 0.164 e. The van der Waals surface area contributed by atoms with Crippen LogP contribution in [0.4, 0.5) is 4.39 Å². The summed E-state index contributed by atoms with van der Waals surface area (Å²) < 4.78 is 12.5. The smallest absolute Gasteiger partial charge is 0.164 e. The van der Waals surface area contributed by atoms with E-state index in [1.165, 1.54) is 12.1 Å². The topological polar surface area (TPSA) is 20.2 Å². The van der Waals surface area contributed by atoms with Crippen LogP contribution in [0.25, 0.3) is 0 Å². The van der Waals surface area contributed by atoms with Crippen LogP contribution < -0.4 is 0 Å². The van der Waals surface area contributed by atoms with E-state index in [0.717, 1.165) is 6.07 Å². The van der Waals surface area contributed by atoms with Crippen molar-refractivity contribution in [3.63, 3.8) is 0 Å². The third-order valence-corrected chi connectivity index (χ3v) is 1.38. The number of hydrogen-bond donors (Lipinski definition) is 1. The van der Waals surface area contributed by atoms with Crippen LogP contribution in [0.15, 0.2) is 18.2 Å². The molecule has 0 saturated carbocycles. The minimum atomic E-state index is -0.647. The molecule has 0 aromatic heterocycles. The van der Waals surface area contributed by atoms with Crippen molar-refractivity contribution >= 4 is 11.6 Å². The van der Waals surface area contributed by atoms with Crippen molar-refractivity contribution in [2.75, 3.05) is 5.88 Å². The largest absolute Gasteiger partial charge is 0.505 e. The summed E-state index contributed by atoms with van der Waals surface area (Å²) in [7, 11) is 0. The maximum atomic E-state index is 12.5. The fourth-order valence-electron chi connectivity index (χ4n) is 0.726. The van der Waals surface area contributed by atoms with Crippen LogP contribution in [0, 0.1) is 17.7 Å². The number of benzene rings is 1. The van der Waals surface area contributed by atoms with E-state index in [1.807, 2.05) is 0 Å². The van der Waals surface area contributed by atoms with Gasteiger partial charge >= 0.3 is 0 Å². The molecule has 0 spiro atoms. The standard InChI is InChI=1S/C9H6ClFO/c10-5-1-2-7-3-4-8(11)9(12)6-7/h3-4,6,12H,5H2. The predicted octanol–water partition coefficient (Wildman–Crippen LogP) is 2.12. The lowest BCUT2D eigenvalue weighted by Crippen LogP contribution is -1.78. The highest BCUT2D eigenvalue weighted by Gasteiger charge is 1.98. The van der Waals surface area contributed by atoms with Crippen molar-refractivity contribution in [3.05, 3.63) is 29.6 Å². The Morgan fingerprint density at radius 2 is 2.25 bits per heavy atom. The highest BCUT2D eigenvalue weighted by atomic mass is 35.5. The molecule has 3 heteroatoms. The Labute approximate surface area is 74.8 Å². The van der Waals surface area contributed by atoms with Crippen molar-refractivity contribution in [1.82, 2.24) is 0 Å². The summed E-state index contributed by atoms with van der Waals surface area (Å²) in [5.74, 6) is 4.43. The molecule has 0 aliphatic rings. The second-order valence-corrected chi connectivity index (χ2v) is 2.37. The second kappa shape index (κ2) is 3.99. The third-order valence-electron chi connectivity index (χ3n) is 1.25. The van der Waals surface area contributed by atoms with E-state index >= 15 is 0 Å². The van der Waals surface area contributed by atoms with Gasteiger partial charge in [-0.25, -0.2) is 4.39 Å². The Hall–Kier alpha value is -1.20. The molecule has 0 bridgehead atoms. The predicted molar refractivity (Wildman–Crippen MR) is 45.7 cm³/mol. The van der Waals surface area contributed by atoms with Gasteiger partial charge in [0, 0.05) is 5.56 Å². The number of aromatic hydroxyl groups is 1. The SMILES string of the molecule is Oc1cc(C#CCCl)ccc1F. The molecule has 0 aliphatic carbocycles. The van der Waals surface area contributed by atoms with E-state index < -0.39 is 11.6 Å². The maximum absolute atomic E-state index is 12.5. The van der Waals surface area contributed by atoms with Crippen LogP contribution in [0.5, 0.6) is 5.75 Å². The molecule has 0 fully saturated rings. The minimum absolute atomic E-state index is 0.220. The van der Waals surface area contributed by atoms with Gasteiger partial charge in [0.25, 0.3) is 0 Å². The highest BCUT2D eigenvalue weighted by Crippen LogP contribution is 2.15. The second-order valence-electron chi connectivity index (χ2n) is 2.10. The van der Waals surface area contributed by atoms with Crippen molar-refractivity contribution < 1.29 is 9.50 Å².